The number of benzene rings is 2. The normalized spacial score (nSPS) is 32.7. The van der Waals surface area contributed by atoms with Crippen LogP contribution in [0.3, 0.4) is 0 Å². The number of esters is 1. The number of anilines is 1. The highest BCUT2D eigenvalue weighted by Gasteiger charge is 2.50. The fourth-order valence-electron chi connectivity index (χ4n) is 8.10. The molecule has 0 radical (unpaired) electrons. The number of aliphatic hydroxyl groups excluding tert-OH is 2. The summed E-state index contributed by atoms with van der Waals surface area (Å²) >= 11 is 0. The van der Waals surface area contributed by atoms with Crippen LogP contribution in [0.2, 0.25) is 0 Å². The number of ketones is 1. The molecule has 6 N–H and O–H groups in total. The number of ether oxygens (including phenoxy) is 4. The fourth-order valence-corrected chi connectivity index (χ4v) is 8.10. The zero-order valence-electron chi connectivity index (χ0n) is 33.6. The number of hydrogen-bond donors (Lipinski definition) is 6. The van der Waals surface area contributed by atoms with E-state index in [1.807, 2.05) is 4.90 Å². The van der Waals surface area contributed by atoms with Crippen LogP contribution >= 0.6 is 0 Å². The third kappa shape index (κ3) is 7.97. The Hall–Kier alpha value is -4.63. The number of hydrogen-bond acceptors (Lipinski definition) is 13. The lowest BCUT2D eigenvalue weighted by molar-refractivity contribution is -0.160. The Balaban J connectivity index is 1.70. The van der Waals surface area contributed by atoms with Gasteiger partial charge in [0.25, 0.3) is 11.7 Å². The zero-order chi connectivity index (χ0) is 41.4. The molecule has 306 valence electrons. The van der Waals surface area contributed by atoms with Crippen LogP contribution in [-0.4, -0.2) is 98.5 Å². The summed E-state index contributed by atoms with van der Waals surface area (Å²) < 4.78 is 23.6. The van der Waals surface area contributed by atoms with Gasteiger partial charge in [-0.25, -0.2) is 0 Å². The van der Waals surface area contributed by atoms with Gasteiger partial charge in [-0.15, -0.1) is 0 Å². The Labute approximate surface area is 327 Å². The summed E-state index contributed by atoms with van der Waals surface area (Å²) in [6, 6.07) is 0. The molecule has 0 saturated carbocycles. The lowest BCUT2D eigenvalue weighted by atomic mass is 9.78. The molecule has 0 aliphatic carbocycles. The van der Waals surface area contributed by atoms with Gasteiger partial charge in [0.05, 0.1) is 41.2 Å². The monoisotopic (exact) mass is 780 g/mol. The Morgan fingerprint density at radius 2 is 1.61 bits per heavy atom. The number of carbonyl (C=O) groups is 3. The third-order valence-electron chi connectivity index (χ3n) is 11.7. The van der Waals surface area contributed by atoms with E-state index in [0.29, 0.717) is 13.1 Å². The molecule has 0 spiro atoms. The number of phenols is 3. The van der Waals surface area contributed by atoms with Gasteiger partial charge in [0.1, 0.15) is 23.4 Å². The minimum Gasteiger partial charge on any atom is -0.507 e. The number of Topliss-reactive ketones (excluding diaryl/α,β-unsaturated/α-hetero) is 1. The number of amides is 1. The molecule has 1 fully saturated rings. The molecular formula is C42H56N2O12. The third-order valence-corrected chi connectivity index (χ3v) is 11.7. The minimum absolute atomic E-state index is 0.0504. The Morgan fingerprint density at radius 3 is 2.23 bits per heavy atom. The smallest absolute Gasteiger partial charge is 0.312 e. The van der Waals surface area contributed by atoms with Gasteiger partial charge < -0.3 is 49.8 Å². The van der Waals surface area contributed by atoms with Crippen molar-refractivity contribution in [1.29, 1.82) is 0 Å². The molecule has 4 aliphatic heterocycles. The van der Waals surface area contributed by atoms with Gasteiger partial charge in [-0.3, -0.25) is 19.3 Å². The van der Waals surface area contributed by atoms with Crippen molar-refractivity contribution in [1.82, 2.24) is 4.90 Å². The van der Waals surface area contributed by atoms with E-state index in [9.17, 15) is 39.9 Å². The summed E-state index contributed by atoms with van der Waals surface area (Å²) in [5.41, 5.74) is 0.223. The molecule has 2 aromatic rings. The largest absolute Gasteiger partial charge is 0.507 e. The molecule has 1 saturated heterocycles. The molecule has 4 aliphatic rings. The quantitative estimate of drug-likeness (QED) is 0.132. The standard InChI is InChI=1S/C42H56N2O12/c1-20-13-12-14-21(2)41(52)43-32-27(19-44-16-10-11-17-44)36(49)29-30(37(32)50)35(48)25(6)39-31(29)40(51)42(8,56-39)54-18-15-28(53-9)22(3)38(55-26(7)45)24(5)34(47)23(4)33(20)46/h12-15,18,20,22-24,28,33-34,38,46-50H,10-11,16-17,19H2,1-9H3,(H,43,52)/b13-12+,18-15+,21-14-. The molecule has 56 heavy (non-hydrogen) atoms. The Bertz CT molecular complexity index is 1950. The number of carbonyl (C=O) groups excluding carboxylic acids is 3. The van der Waals surface area contributed by atoms with Crippen LogP contribution in [-0.2, 0) is 30.3 Å². The van der Waals surface area contributed by atoms with Crippen LogP contribution in [0.4, 0.5) is 5.69 Å². The Morgan fingerprint density at radius 1 is 0.946 bits per heavy atom. The van der Waals surface area contributed by atoms with Crippen LogP contribution < -0.4 is 10.1 Å². The summed E-state index contributed by atoms with van der Waals surface area (Å²) in [5, 5.41) is 60.6. The maximum atomic E-state index is 14.4. The number of nitrogens with zero attached hydrogens (tertiary/aromatic N) is 1. The van der Waals surface area contributed by atoms with Crippen molar-refractivity contribution in [3.63, 3.8) is 0 Å². The Kier molecular flexibility index (Phi) is 12.8. The predicted octanol–water partition coefficient (Wildman–Crippen LogP) is 5.35. The number of nitrogens with one attached hydrogen (secondary N) is 1. The van der Waals surface area contributed by atoms with Crippen molar-refractivity contribution in [3.8, 4) is 23.0 Å². The first-order chi connectivity index (χ1) is 26.3. The van der Waals surface area contributed by atoms with Crippen LogP contribution in [0.1, 0.15) is 82.8 Å². The van der Waals surface area contributed by atoms with E-state index in [2.05, 4.69) is 5.32 Å². The first kappa shape index (κ1) is 42.5. The average Bonchev–Trinajstić information content (AvgIpc) is 3.77. The summed E-state index contributed by atoms with van der Waals surface area (Å²) in [6.45, 7) is 14.2. The number of aliphatic hydroxyl groups is 2. The summed E-state index contributed by atoms with van der Waals surface area (Å²) in [5.74, 6) is -7.78. The number of fused-ring (bicyclic) bond motifs is 14. The van der Waals surface area contributed by atoms with E-state index in [4.69, 9.17) is 18.9 Å². The maximum absolute atomic E-state index is 14.4. The highest BCUT2D eigenvalue weighted by molar-refractivity contribution is 6.22. The molecule has 14 nitrogen and oxygen atoms in total. The van der Waals surface area contributed by atoms with E-state index in [1.165, 1.54) is 46.3 Å². The molecule has 1 amide bonds. The van der Waals surface area contributed by atoms with E-state index in [0.717, 1.165) is 12.8 Å². The number of aromatic hydroxyl groups is 3. The van der Waals surface area contributed by atoms with Crippen molar-refractivity contribution in [2.45, 2.75) is 105 Å². The minimum atomic E-state index is -2.00. The molecular weight excluding hydrogens is 724 g/mol. The zero-order valence-corrected chi connectivity index (χ0v) is 33.6. The second-order valence-electron chi connectivity index (χ2n) is 15.7. The molecule has 4 heterocycles. The maximum Gasteiger partial charge on any atom is 0.312 e. The van der Waals surface area contributed by atoms with Crippen molar-refractivity contribution in [3.05, 3.63) is 52.8 Å². The second kappa shape index (κ2) is 16.8. The van der Waals surface area contributed by atoms with Crippen LogP contribution in [0.25, 0.3) is 10.8 Å². The second-order valence-corrected chi connectivity index (χ2v) is 15.7. The number of methoxy groups -OCH3 is 1. The highest BCUT2D eigenvalue weighted by Crippen LogP contribution is 2.55. The van der Waals surface area contributed by atoms with Gasteiger partial charge in [-0.2, -0.15) is 0 Å². The topological polar surface area (TPSA) is 205 Å². The first-order valence-corrected chi connectivity index (χ1v) is 19.1. The molecule has 9 atom stereocenters. The van der Waals surface area contributed by atoms with Crippen molar-refractivity contribution in [2.24, 2.45) is 23.7 Å². The molecule has 9 unspecified atom stereocenters. The predicted molar refractivity (Wildman–Crippen MR) is 208 cm³/mol. The summed E-state index contributed by atoms with van der Waals surface area (Å²) in [6.07, 6.45) is 5.58. The molecule has 2 aromatic carbocycles. The van der Waals surface area contributed by atoms with Gasteiger partial charge >= 0.3 is 11.8 Å². The van der Waals surface area contributed by atoms with Gasteiger partial charge in [-0.1, -0.05) is 45.9 Å². The molecule has 0 aromatic heterocycles. The number of phenolic OH excluding ortho intramolecular Hbond substituents is 3. The number of allylic oxidation sites excluding steroid dienone is 2. The highest BCUT2D eigenvalue weighted by atomic mass is 16.7. The van der Waals surface area contributed by atoms with Gasteiger partial charge in [-0.05, 0) is 45.9 Å². The van der Waals surface area contributed by atoms with Gasteiger partial charge in [0.2, 0.25) is 0 Å². The first-order valence-electron chi connectivity index (χ1n) is 19.1. The number of likely N-dealkylation sites (tertiary alicyclic amines) is 1. The van der Waals surface area contributed by atoms with Crippen LogP contribution in [0, 0.1) is 30.6 Å². The van der Waals surface area contributed by atoms with Crippen molar-refractivity contribution >= 4 is 34.1 Å². The van der Waals surface area contributed by atoms with E-state index in [-0.39, 0.29) is 51.0 Å². The summed E-state index contributed by atoms with van der Waals surface area (Å²) in [4.78, 5) is 42.4. The lowest BCUT2D eigenvalue weighted by Crippen LogP contribution is -2.46. The van der Waals surface area contributed by atoms with Crippen molar-refractivity contribution < 1.29 is 58.9 Å². The molecule has 6 rings (SSSR count). The average molecular weight is 781 g/mol. The fraction of sp³-hybridized carbons (Fsp3) is 0.548. The van der Waals surface area contributed by atoms with Crippen LogP contribution in [0.15, 0.2) is 36.1 Å². The van der Waals surface area contributed by atoms with E-state index >= 15 is 0 Å². The molecule has 14 heteroatoms. The van der Waals surface area contributed by atoms with Crippen LogP contribution in [0.5, 0.6) is 23.0 Å². The summed E-state index contributed by atoms with van der Waals surface area (Å²) in [7, 11) is 1.45. The SMILES string of the molecule is COC1/C=C/OC2(C)Oc3c(C)c(O)c4c(O)c(c(CN5CCCC5)c(O)c4c3C2=O)NC(=O)/C(C)=C\C=C\C(C)C(O)C(C)C(O)C(C)C(OC(C)=O)C1C. The van der Waals surface area contributed by atoms with Gasteiger partial charge in [0.15, 0.2) is 5.75 Å². The lowest BCUT2D eigenvalue weighted by Gasteiger charge is -2.38. The van der Waals surface area contributed by atoms with E-state index < -0.39 is 88.8 Å². The number of rotatable bonds is 4. The van der Waals surface area contributed by atoms with Crippen molar-refractivity contribution in [2.75, 3.05) is 25.5 Å². The molecule has 5 bridgehead atoms. The van der Waals surface area contributed by atoms with Gasteiger partial charge in [0, 0.05) is 73.3 Å². The van der Waals surface area contributed by atoms with E-state index in [1.54, 1.807) is 46.8 Å².